The average Bonchev–Trinajstić information content (AvgIpc) is 2.92. The summed E-state index contributed by atoms with van der Waals surface area (Å²) < 4.78 is 0. The lowest BCUT2D eigenvalue weighted by Crippen LogP contribution is -2.13. The first-order chi connectivity index (χ1) is 12.0. The van der Waals surface area contributed by atoms with E-state index in [4.69, 9.17) is 10.2 Å². The second-order valence-electron chi connectivity index (χ2n) is 7.65. The Bertz CT molecular complexity index is 411. The van der Waals surface area contributed by atoms with Crippen LogP contribution in [-0.2, 0) is 4.79 Å². The van der Waals surface area contributed by atoms with Crippen molar-refractivity contribution >= 4 is 5.78 Å². The van der Waals surface area contributed by atoms with Crippen LogP contribution in [0.15, 0.2) is 24.3 Å². The van der Waals surface area contributed by atoms with Crippen molar-refractivity contribution in [3.63, 3.8) is 0 Å². The Labute approximate surface area is 154 Å². The summed E-state index contributed by atoms with van der Waals surface area (Å²) in [6.07, 6.45) is 18.4. The SMILES string of the molecule is CCCCC(C)CCC=CC1CCC(=O)C1CCCCC=CC(O)O. The highest BCUT2D eigenvalue weighted by molar-refractivity contribution is 5.83. The third-order valence-electron chi connectivity index (χ3n) is 5.36. The number of allylic oxidation sites excluding steroid dienone is 3. The van der Waals surface area contributed by atoms with Gasteiger partial charge >= 0.3 is 0 Å². The molecule has 3 atom stereocenters. The number of carbonyl (C=O) groups excluding carboxylic acids is 1. The van der Waals surface area contributed by atoms with Crippen LogP contribution in [0.25, 0.3) is 0 Å². The highest BCUT2D eigenvalue weighted by Crippen LogP contribution is 2.34. The Morgan fingerprint density at radius 2 is 1.92 bits per heavy atom. The molecule has 0 saturated heterocycles. The molecule has 1 saturated carbocycles. The van der Waals surface area contributed by atoms with Crippen LogP contribution in [-0.4, -0.2) is 22.3 Å². The normalized spacial score (nSPS) is 22.7. The third kappa shape index (κ3) is 9.96. The van der Waals surface area contributed by atoms with E-state index >= 15 is 0 Å². The van der Waals surface area contributed by atoms with Crippen LogP contribution in [0.5, 0.6) is 0 Å². The lowest BCUT2D eigenvalue weighted by Gasteiger charge is -2.15. The van der Waals surface area contributed by atoms with Gasteiger partial charge in [-0.3, -0.25) is 4.79 Å². The van der Waals surface area contributed by atoms with E-state index in [0.717, 1.165) is 50.9 Å². The Hall–Kier alpha value is -0.930. The van der Waals surface area contributed by atoms with Crippen molar-refractivity contribution < 1.29 is 15.0 Å². The number of ketones is 1. The molecule has 3 nitrogen and oxygen atoms in total. The molecule has 25 heavy (non-hydrogen) atoms. The van der Waals surface area contributed by atoms with Gasteiger partial charge in [0, 0.05) is 12.3 Å². The van der Waals surface area contributed by atoms with Crippen molar-refractivity contribution in [2.45, 2.75) is 90.8 Å². The van der Waals surface area contributed by atoms with E-state index < -0.39 is 6.29 Å². The minimum absolute atomic E-state index is 0.209. The fourth-order valence-electron chi connectivity index (χ4n) is 3.73. The standard InChI is InChI=1S/C22H38O3/c1-3-4-11-18(2)12-9-10-13-19-16-17-21(23)20(19)14-7-5-6-8-15-22(24)25/h8,10,13,15,18-20,22,24-25H,3-7,9,11-12,14,16-17H2,1-2H3. The number of rotatable bonds is 13. The molecular formula is C22H38O3. The molecule has 1 aliphatic carbocycles. The highest BCUT2D eigenvalue weighted by atomic mass is 16.5. The van der Waals surface area contributed by atoms with Crippen LogP contribution >= 0.6 is 0 Å². The maximum absolute atomic E-state index is 12.1. The minimum atomic E-state index is -1.35. The fourth-order valence-corrected chi connectivity index (χ4v) is 3.73. The van der Waals surface area contributed by atoms with Crippen LogP contribution in [0.3, 0.4) is 0 Å². The summed E-state index contributed by atoms with van der Waals surface area (Å²) in [6, 6.07) is 0. The molecule has 2 N–H and O–H groups in total. The molecule has 0 aromatic heterocycles. The Balaban J connectivity index is 2.26. The number of aliphatic hydroxyl groups is 2. The number of carbonyl (C=O) groups is 1. The topological polar surface area (TPSA) is 57.5 Å². The zero-order valence-corrected chi connectivity index (χ0v) is 16.2. The van der Waals surface area contributed by atoms with Crippen LogP contribution in [0.1, 0.15) is 84.5 Å². The Kier molecular flexibility index (Phi) is 11.8. The van der Waals surface area contributed by atoms with Crippen molar-refractivity contribution in [3.05, 3.63) is 24.3 Å². The zero-order chi connectivity index (χ0) is 18.5. The van der Waals surface area contributed by atoms with E-state index in [2.05, 4.69) is 26.0 Å². The summed E-state index contributed by atoms with van der Waals surface area (Å²) in [7, 11) is 0. The Morgan fingerprint density at radius 1 is 1.12 bits per heavy atom. The van der Waals surface area contributed by atoms with Gasteiger partial charge in [-0.15, -0.1) is 0 Å². The molecule has 0 aromatic carbocycles. The second-order valence-corrected chi connectivity index (χ2v) is 7.65. The first kappa shape index (κ1) is 22.1. The second kappa shape index (κ2) is 13.3. The van der Waals surface area contributed by atoms with E-state index in [0.29, 0.717) is 11.7 Å². The average molecular weight is 351 g/mol. The van der Waals surface area contributed by atoms with Gasteiger partial charge in [0.2, 0.25) is 0 Å². The monoisotopic (exact) mass is 350 g/mol. The maximum atomic E-state index is 12.1. The molecule has 1 fully saturated rings. The summed E-state index contributed by atoms with van der Waals surface area (Å²) in [4.78, 5) is 12.1. The molecule has 0 aromatic rings. The quantitative estimate of drug-likeness (QED) is 0.274. The summed E-state index contributed by atoms with van der Waals surface area (Å²) in [5.41, 5.74) is 0. The van der Waals surface area contributed by atoms with E-state index in [9.17, 15) is 4.79 Å². The van der Waals surface area contributed by atoms with Gasteiger partial charge in [-0.1, -0.05) is 57.8 Å². The first-order valence-electron chi connectivity index (χ1n) is 10.3. The van der Waals surface area contributed by atoms with Crippen molar-refractivity contribution in [3.8, 4) is 0 Å². The molecule has 0 amide bonds. The number of Topliss-reactive ketones (excluding diaryl/α,β-unsaturated/α-hetero) is 1. The largest absolute Gasteiger partial charge is 0.365 e. The van der Waals surface area contributed by atoms with E-state index in [1.807, 2.05) is 0 Å². The van der Waals surface area contributed by atoms with E-state index in [-0.39, 0.29) is 5.92 Å². The lowest BCUT2D eigenvalue weighted by atomic mass is 9.89. The van der Waals surface area contributed by atoms with Crippen LogP contribution in [0.2, 0.25) is 0 Å². The summed E-state index contributed by atoms with van der Waals surface area (Å²) in [5, 5.41) is 17.5. The number of unbranched alkanes of at least 4 members (excludes halogenated alkanes) is 3. The van der Waals surface area contributed by atoms with Crippen molar-refractivity contribution in [1.82, 2.24) is 0 Å². The minimum Gasteiger partial charge on any atom is -0.365 e. The van der Waals surface area contributed by atoms with Crippen molar-refractivity contribution in [1.29, 1.82) is 0 Å². The summed E-state index contributed by atoms with van der Waals surface area (Å²) in [5.74, 6) is 1.89. The molecule has 0 radical (unpaired) electrons. The molecule has 1 rings (SSSR count). The number of aliphatic hydroxyl groups excluding tert-OH is 1. The van der Waals surface area contributed by atoms with Gasteiger partial charge < -0.3 is 10.2 Å². The van der Waals surface area contributed by atoms with Gasteiger partial charge in [0.05, 0.1) is 0 Å². The molecule has 3 heteroatoms. The predicted octanol–water partition coefficient (Wildman–Crippen LogP) is 5.17. The molecular weight excluding hydrogens is 312 g/mol. The first-order valence-corrected chi connectivity index (χ1v) is 10.3. The van der Waals surface area contributed by atoms with Gasteiger partial charge in [-0.2, -0.15) is 0 Å². The maximum Gasteiger partial charge on any atom is 0.171 e. The highest BCUT2D eigenvalue weighted by Gasteiger charge is 2.31. The van der Waals surface area contributed by atoms with Crippen molar-refractivity contribution in [2.75, 3.05) is 0 Å². The van der Waals surface area contributed by atoms with Gasteiger partial charge in [0.15, 0.2) is 6.29 Å². The molecule has 0 aliphatic heterocycles. The number of hydrogen-bond acceptors (Lipinski definition) is 3. The van der Waals surface area contributed by atoms with Crippen LogP contribution < -0.4 is 0 Å². The fraction of sp³-hybridized carbons (Fsp3) is 0.773. The molecule has 0 spiro atoms. The van der Waals surface area contributed by atoms with Gasteiger partial charge in [-0.05, 0) is 56.4 Å². The van der Waals surface area contributed by atoms with Crippen LogP contribution in [0.4, 0.5) is 0 Å². The molecule has 144 valence electrons. The summed E-state index contributed by atoms with van der Waals surface area (Å²) in [6.45, 7) is 4.59. The number of hydrogen-bond donors (Lipinski definition) is 2. The van der Waals surface area contributed by atoms with Gasteiger partial charge in [0.1, 0.15) is 5.78 Å². The molecule has 1 aliphatic rings. The van der Waals surface area contributed by atoms with E-state index in [1.54, 1.807) is 6.08 Å². The van der Waals surface area contributed by atoms with Crippen molar-refractivity contribution in [2.24, 2.45) is 17.8 Å². The molecule has 3 unspecified atom stereocenters. The van der Waals surface area contributed by atoms with Gasteiger partial charge in [0.25, 0.3) is 0 Å². The molecule has 0 bridgehead atoms. The van der Waals surface area contributed by atoms with E-state index in [1.165, 1.54) is 31.8 Å². The summed E-state index contributed by atoms with van der Waals surface area (Å²) >= 11 is 0. The third-order valence-corrected chi connectivity index (χ3v) is 5.36. The van der Waals surface area contributed by atoms with Crippen LogP contribution in [0, 0.1) is 17.8 Å². The zero-order valence-electron chi connectivity index (χ0n) is 16.2. The predicted molar refractivity (Wildman–Crippen MR) is 104 cm³/mol. The lowest BCUT2D eigenvalue weighted by molar-refractivity contribution is -0.121. The smallest absolute Gasteiger partial charge is 0.171 e. The molecule has 0 heterocycles. The Morgan fingerprint density at radius 3 is 2.64 bits per heavy atom. The van der Waals surface area contributed by atoms with Gasteiger partial charge in [-0.25, -0.2) is 0 Å².